The van der Waals surface area contributed by atoms with E-state index in [0.29, 0.717) is 11.4 Å². The third-order valence-electron chi connectivity index (χ3n) is 3.64. The zero-order valence-corrected chi connectivity index (χ0v) is 12.2. The summed E-state index contributed by atoms with van der Waals surface area (Å²) in [5.41, 5.74) is 0.542. The molecule has 1 aromatic carbocycles. The highest BCUT2D eigenvalue weighted by molar-refractivity contribution is 6.07. The average Bonchev–Trinajstić information content (AvgIpc) is 2.84. The van der Waals surface area contributed by atoms with Crippen LogP contribution in [0, 0.1) is 5.92 Å². The van der Waals surface area contributed by atoms with Crippen LogP contribution in [0.3, 0.4) is 0 Å². The summed E-state index contributed by atoms with van der Waals surface area (Å²) in [6.07, 6.45) is 0.0150. The molecule has 112 valence electrons. The van der Waals surface area contributed by atoms with Crippen molar-refractivity contribution in [1.29, 1.82) is 0 Å². The van der Waals surface area contributed by atoms with Crippen LogP contribution in [0.25, 0.3) is 0 Å². The molecule has 0 aliphatic carbocycles. The van der Waals surface area contributed by atoms with Gasteiger partial charge in [0.25, 0.3) is 0 Å². The lowest BCUT2D eigenvalue weighted by molar-refractivity contribution is -0.144. The van der Waals surface area contributed by atoms with Gasteiger partial charge in [0.05, 0.1) is 20.1 Å². The summed E-state index contributed by atoms with van der Waals surface area (Å²) < 4.78 is 9.81. The molecule has 0 unspecified atom stereocenters. The second kappa shape index (κ2) is 5.95. The minimum Gasteiger partial charge on any atom is -0.497 e. The highest BCUT2D eigenvalue weighted by Gasteiger charge is 2.47. The monoisotopic (exact) mass is 291 g/mol. The number of carbonyl (C=O) groups is 3. The fourth-order valence-electron chi connectivity index (χ4n) is 2.54. The Balaban J connectivity index is 2.40. The smallest absolute Gasteiger partial charge is 0.329 e. The van der Waals surface area contributed by atoms with E-state index >= 15 is 0 Å². The van der Waals surface area contributed by atoms with E-state index in [9.17, 15) is 14.4 Å². The van der Waals surface area contributed by atoms with E-state index in [4.69, 9.17) is 9.47 Å². The van der Waals surface area contributed by atoms with Crippen LogP contribution in [0.4, 0.5) is 5.69 Å². The summed E-state index contributed by atoms with van der Waals surface area (Å²) in [5.74, 6) is -1.09. The Morgan fingerprint density at radius 3 is 2.29 bits per heavy atom. The molecule has 1 aromatic rings. The maximum Gasteiger partial charge on any atom is 0.329 e. The quantitative estimate of drug-likeness (QED) is 0.779. The molecule has 6 heteroatoms. The maximum absolute atomic E-state index is 12.2. The molecule has 21 heavy (non-hydrogen) atoms. The Hall–Kier alpha value is -2.37. The number of esters is 1. The largest absolute Gasteiger partial charge is 0.497 e. The molecule has 1 aliphatic heterocycles. The molecule has 1 fully saturated rings. The predicted octanol–water partition coefficient (Wildman–Crippen LogP) is 1.18. The van der Waals surface area contributed by atoms with Gasteiger partial charge in [-0.1, -0.05) is 0 Å². The number of ether oxygens (including phenoxy) is 2. The van der Waals surface area contributed by atoms with Crippen molar-refractivity contribution in [2.24, 2.45) is 5.92 Å². The molecule has 0 saturated carbocycles. The molecule has 1 saturated heterocycles. The van der Waals surface area contributed by atoms with Gasteiger partial charge in [-0.25, -0.2) is 4.79 Å². The van der Waals surface area contributed by atoms with Crippen LogP contribution in [0.2, 0.25) is 0 Å². The summed E-state index contributed by atoms with van der Waals surface area (Å²) >= 11 is 0. The van der Waals surface area contributed by atoms with Crippen molar-refractivity contribution in [2.45, 2.75) is 19.4 Å². The summed E-state index contributed by atoms with van der Waals surface area (Å²) in [6.45, 7) is 1.38. The number of benzene rings is 1. The van der Waals surface area contributed by atoms with Crippen molar-refractivity contribution in [3.8, 4) is 5.75 Å². The first kappa shape index (κ1) is 15.0. The molecule has 1 amide bonds. The van der Waals surface area contributed by atoms with E-state index in [1.807, 2.05) is 0 Å². The Kier molecular flexibility index (Phi) is 4.26. The molecule has 0 aromatic heterocycles. The van der Waals surface area contributed by atoms with Crippen LogP contribution >= 0.6 is 0 Å². The highest BCUT2D eigenvalue weighted by Crippen LogP contribution is 2.33. The molecule has 1 aliphatic rings. The van der Waals surface area contributed by atoms with Gasteiger partial charge >= 0.3 is 5.97 Å². The fourth-order valence-corrected chi connectivity index (χ4v) is 2.54. The first-order valence-corrected chi connectivity index (χ1v) is 6.54. The Labute approximate surface area is 122 Å². The summed E-state index contributed by atoms with van der Waals surface area (Å²) in [4.78, 5) is 37.2. The van der Waals surface area contributed by atoms with Gasteiger partial charge in [-0.3, -0.25) is 14.5 Å². The lowest BCUT2D eigenvalue weighted by Crippen LogP contribution is -2.43. The fraction of sp³-hybridized carbons (Fsp3) is 0.400. The highest BCUT2D eigenvalue weighted by atomic mass is 16.5. The molecule has 2 atom stereocenters. The van der Waals surface area contributed by atoms with Crippen molar-refractivity contribution >= 4 is 23.3 Å². The Bertz CT molecular complexity index is 566. The first-order chi connectivity index (χ1) is 9.99. The van der Waals surface area contributed by atoms with Gasteiger partial charge in [-0.2, -0.15) is 0 Å². The normalized spacial score (nSPS) is 21.3. The van der Waals surface area contributed by atoms with Gasteiger partial charge in [0.2, 0.25) is 5.91 Å². The number of nitrogens with zero attached hydrogens (tertiary/aromatic N) is 1. The molecule has 0 spiro atoms. The maximum atomic E-state index is 12.2. The van der Waals surface area contributed by atoms with Crippen molar-refractivity contribution in [2.75, 3.05) is 19.1 Å². The number of amides is 1. The van der Waals surface area contributed by atoms with Crippen LogP contribution in [0.1, 0.15) is 13.3 Å². The lowest BCUT2D eigenvalue weighted by atomic mass is 9.96. The van der Waals surface area contributed by atoms with Gasteiger partial charge < -0.3 is 9.47 Å². The van der Waals surface area contributed by atoms with Gasteiger partial charge in [0.1, 0.15) is 17.6 Å². The van der Waals surface area contributed by atoms with Crippen molar-refractivity contribution in [1.82, 2.24) is 0 Å². The van der Waals surface area contributed by atoms with E-state index in [-0.39, 0.29) is 18.1 Å². The number of rotatable bonds is 4. The SMILES string of the molecule is COC(=O)[C@H]1[C@@H](C(C)=O)CC(=O)N1c1ccc(OC)cc1. The van der Waals surface area contributed by atoms with Crippen LogP contribution in [-0.2, 0) is 19.1 Å². The average molecular weight is 291 g/mol. The van der Waals surface area contributed by atoms with Crippen LogP contribution in [0.15, 0.2) is 24.3 Å². The van der Waals surface area contributed by atoms with Gasteiger partial charge in [0, 0.05) is 12.1 Å². The van der Waals surface area contributed by atoms with E-state index in [2.05, 4.69) is 0 Å². The van der Waals surface area contributed by atoms with Gasteiger partial charge in [-0.15, -0.1) is 0 Å². The zero-order chi connectivity index (χ0) is 15.6. The third-order valence-corrected chi connectivity index (χ3v) is 3.64. The van der Waals surface area contributed by atoms with Gasteiger partial charge in [-0.05, 0) is 31.2 Å². The summed E-state index contributed by atoms with van der Waals surface area (Å²) in [7, 11) is 2.79. The van der Waals surface area contributed by atoms with E-state index in [0.717, 1.165) is 0 Å². The Morgan fingerprint density at radius 2 is 1.81 bits per heavy atom. The van der Waals surface area contributed by atoms with Crippen LogP contribution < -0.4 is 9.64 Å². The predicted molar refractivity (Wildman–Crippen MR) is 75.1 cm³/mol. The number of hydrogen-bond acceptors (Lipinski definition) is 5. The molecule has 1 heterocycles. The second-order valence-corrected chi connectivity index (χ2v) is 4.85. The summed E-state index contributed by atoms with van der Waals surface area (Å²) in [5, 5.41) is 0. The van der Waals surface area contributed by atoms with Crippen molar-refractivity contribution in [3.63, 3.8) is 0 Å². The number of ketones is 1. The standard InChI is InChI=1S/C15H17NO5/c1-9(17)12-8-13(18)16(14(12)15(19)21-3)10-4-6-11(20-2)7-5-10/h4-7,12,14H,8H2,1-3H3/t12-,14-/m1/s1. The molecule has 6 nitrogen and oxygen atoms in total. The molecular formula is C15H17NO5. The molecular weight excluding hydrogens is 274 g/mol. The zero-order valence-electron chi connectivity index (χ0n) is 12.2. The Morgan fingerprint density at radius 1 is 1.19 bits per heavy atom. The van der Waals surface area contributed by atoms with Crippen molar-refractivity contribution < 1.29 is 23.9 Å². The second-order valence-electron chi connectivity index (χ2n) is 4.85. The van der Waals surface area contributed by atoms with Crippen LogP contribution in [-0.4, -0.2) is 37.9 Å². The lowest BCUT2D eigenvalue weighted by Gasteiger charge is -2.25. The van der Waals surface area contributed by atoms with Gasteiger partial charge in [0.15, 0.2) is 0 Å². The summed E-state index contributed by atoms with van der Waals surface area (Å²) in [6, 6.07) is 5.83. The van der Waals surface area contributed by atoms with E-state index < -0.39 is 17.9 Å². The first-order valence-electron chi connectivity index (χ1n) is 6.54. The van der Waals surface area contributed by atoms with E-state index in [1.165, 1.54) is 18.9 Å². The minimum absolute atomic E-state index is 0.0150. The topological polar surface area (TPSA) is 72.9 Å². The number of methoxy groups -OCH3 is 2. The number of Topliss-reactive ketones (excluding diaryl/α,β-unsaturated/α-hetero) is 1. The van der Waals surface area contributed by atoms with E-state index in [1.54, 1.807) is 31.4 Å². The molecule has 0 bridgehead atoms. The van der Waals surface area contributed by atoms with Crippen LogP contribution in [0.5, 0.6) is 5.75 Å². The number of anilines is 1. The third kappa shape index (κ3) is 2.74. The number of carbonyl (C=O) groups excluding carboxylic acids is 3. The van der Waals surface area contributed by atoms with Crippen molar-refractivity contribution in [3.05, 3.63) is 24.3 Å². The molecule has 2 rings (SSSR count). The molecule has 0 N–H and O–H groups in total. The molecule has 0 radical (unpaired) electrons. The number of hydrogen-bond donors (Lipinski definition) is 0. The minimum atomic E-state index is -0.909.